The van der Waals surface area contributed by atoms with E-state index in [1.165, 1.54) is 0 Å². The molecule has 2 aromatic carbocycles. The summed E-state index contributed by atoms with van der Waals surface area (Å²) in [5.74, 6) is 1.07. The van der Waals surface area contributed by atoms with Crippen molar-refractivity contribution in [2.45, 2.75) is 6.92 Å². The molecule has 0 saturated heterocycles. The van der Waals surface area contributed by atoms with Gasteiger partial charge in [0.15, 0.2) is 0 Å². The highest BCUT2D eigenvalue weighted by Gasteiger charge is 2.01. The van der Waals surface area contributed by atoms with Crippen molar-refractivity contribution >= 4 is 5.97 Å². The molecular formula is C20H20O4. The van der Waals surface area contributed by atoms with E-state index in [4.69, 9.17) is 14.2 Å². The number of carbonyl (C=O) groups is 1. The molecule has 2 aromatic rings. The van der Waals surface area contributed by atoms with Crippen LogP contribution < -0.4 is 9.47 Å². The fourth-order valence-electron chi connectivity index (χ4n) is 1.98. The molecule has 0 amide bonds. The molecule has 0 fully saturated rings. The standard InChI is InChI=1S/C20H20O4/c1-3-13-22-18-9-5-16(6-10-18)17-7-11-19(12-8-17)23-14-15-24-20(21)4-2/h3-13H,2,14-15H2,1H3. The van der Waals surface area contributed by atoms with E-state index in [1.54, 1.807) is 6.26 Å². The second-order valence-corrected chi connectivity index (χ2v) is 4.86. The number of allylic oxidation sites excluding steroid dienone is 1. The van der Waals surface area contributed by atoms with Crippen LogP contribution >= 0.6 is 0 Å². The maximum atomic E-state index is 10.9. The zero-order valence-corrected chi connectivity index (χ0v) is 13.6. The Morgan fingerprint density at radius 3 is 2.08 bits per heavy atom. The summed E-state index contributed by atoms with van der Waals surface area (Å²) in [5, 5.41) is 0. The zero-order valence-electron chi connectivity index (χ0n) is 13.6. The van der Waals surface area contributed by atoms with Crippen LogP contribution in [-0.4, -0.2) is 19.2 Å². The molecule has 0 aliphatic carbocycles. The van der Waals surface area contributed by atoms with Crippen molar-refractivity contribution in [3.63, 3.8) is 0 Å². The molecule has 2 rings (SSSR count). The maximum Gasteiger partial charge on any atom is 0.330 e. The summed E-state index contributed by atoms with van der Waals surface area (Å²) in [6.07, 6.45) is 4.61. The van der Waals surface area contributed by atoms with E-state index in [1.807, 2.05) is 61.5 Å². The minimum atomic E-state index is -0.448. The van der Waals surface area contributed by atoms with Gasteiger partial charge >= 0.3 is 5.97 Å². The van der Waals surface area contributed by atoms with Crippen LogP contribution in [0.4, 0.5) is 0 Å². The molecule has 0 radical (unpaired) electrons. The van der Waals surface area contributed by atoms with Crippen LogP contribution in [0.5, 0.6) is 11.5 Å². The highest BCUT2D eigenvalue weighted by molar-refractivity contribution is 5.81. The van der Waals surface area contributed by atoms with Gasteiger partial charge in [0, 0.05) is 6.08 Å². The second kappa shape index (κ2) is 9.20. The van der Waals surface area contributed by atoms with Crippen LogP contribution in [-0.2, 0) is 9.53 Å². The summed E-state index contributed by atoms with van der Waals surface area (Å²) in [6, 6.07) is 15.6. The number of hydrogen-bond donors (Lipinski definition) is 0. The van der Waals surface area contributed by atoms with Crippen molar-refractivity contribution in [3.8, 4) is 22.6 Å². The smallest absolute Gasteiger partial charge is 0.330 e. The Morgan fingerprint density at radius 1 is 0.958 bits per heavy atom. The maximum absolute atomic E-state index is 10.9. The van der Waals surface area contributed by atoms with Gasteiger partial charge in [-0.3, -0.25) is 0 Å². The number of ether oxygens (including phenoxy) is 3. The lowest BCUT2D eigenvalue weighted by Gasteiger charge is -2.08. The van der Waals surface area contributed by atoms with Crippen molar-refractivity contribution in [3.05, 3.63) is 73.5 Å². The lowest BCUT2D eigenvalue weighted by Crippen LogP contribution is -2.10. The Hall–Kier alpha value is -3.01. The Balaban J connectivity index is 1.89. The fraction of sp³-hybridized carbons (Fsp3) is 0.150. The molecule has 24 heavy (non-hydrogen) atoms. The van der Waals surface area contributed by atoms with Gasteiger partial charge in [-0.1, -0.05) is 36.9 Å². The number of hydrogen-bond acceptors (Lipinski definition) is 4. The van der Waals surface area contributed by atoms with Gasteiger partial charge in [0.25, 0.3) is 0 Å². The molecule has 0 atom stereocenters. The summed E-state index contributed by atoms with van der Waals surface area (Å²) < 4.78 is 15.8. The fourth-order valence-corrected chi connectivity index (χ4v) is 1.98. The van der Waals surface area contributed by atoms with Gasteiger partial charge in [-0.2, -0.15) is 0 Å². The topological polar surface area (TPSA) is 44.8 Å². The number of carbonyl (C=O) groups excluding carboxylic acids is 1. The van der Waals surface area contributed by atoms with Gasteiger partial charge in [-0.15, -0.1) is 0 Å². The number of rotatable bonds is 8. The molecule has 0 N–H and O–H groups in total. The molecule has 0 aliphatic rings. The lowest BCUT2D eigenvalue weighted by atomic mass is 10.1. The van der Waals surface area contributed by atoms with E-state index in [2.05, 4.69) is 6.58 Å². The van der Waals surface area contributed by atoms with E-state index >= 15 is 0 Å². The van der Waals surface area contributed by atoms with E-state index in [0.717, 1.165) is 28.7 Å². The van der Waals surface area contributed by atoms with Gasteiger partial charge in [-0.25, -0.2) is 4.79 Å². The normalized spacial score (nSPS) is 10.4. The van der Waals surface area contributed by atoms with Crippen LogP contribution in [0.1, 0.15) is 6.92 Å². The van der Waals surface area contributed by atoms with Crippen molar-refractivity contribution < 1.29 is 19.0 Å². The first kappa shape index (κ1) is 17.3. The Labute approximate surface area is 142 Å². The van der Waals surface area contributed by atoms with Crippen LogP contribution in [0.3, 0.4) is 0 Å². The van der Waals surface area contributed by atoms with Gasteiger partial charge in [0.2, 0.25) is 0 Å². The molecule has 4 nitrogen and oxygen atoms in total. The summed E-state index contributed by atoms with van der Waals surface area (Å²) >= 11 is 0. The average Bonchev–Trinajstić information content (AvgIpc) is 2.64. The van der Waals surface area contributed by atoms with Crippen LogP contribution in [0, 0.1) is 0 Å². The second-order valence-electron chi connectivity index (χ2n) is 4.86. The zero-order chi connectivity index (χ0) is 17.2. The van der Waals surface area contributed by atoms with Crippen molar-refractivity contribution in [2.24, 2.45) is 0 Å². The van der Waals surface area contributed by atoms with Gasteiger partial charge in [0.05, 0.1) is 6.26 Å². The van der Waals surface area contributed by atoms with Crippen molar-refractivity contribution in [2.75, 3.05) is 13.2 Å². The largest absolute Gasteiger partial charge is 0.490 e. The summed E-state index contributed by atoms with van der Waals surface area (Å²) in [6.45, 7) is 5.73. The molecule has 124 valence electrons. The molecular weight excluding hydrogens is 304 g/mol. The Kier molecular flexibility index (Phi) is 6.65. The Bertz CT molecular complexity index is 685. The number of benzene rings is 2. The predicted octanol–water partition coefficient (Wildman–Crippen LogP) is 4.37. The molecule has 0 spiro atoms. The molecule has 0 heterocycles. The van der Waals surface area contributed by atoms with Crippen molar-refractivity contribution in [1.82, 2.24) is 0 Å². The van der Waals surface area contributed by atoms with E-state index in [-0.39, 0.29) is 6.61 Å². The highest BCUT2D eigenvalue weighted by Crippen LogP contribution is 2.24. The van der Waals surface area contributed by atoms with E-state index in [0.29, 0.717) is 6.61 Å². The van der Waals surface area contributed by atoms with Gasteiger partial charge in [-0.05, 0) is 42.3 Å². The van der Waals surface area contributed by atoms with Gasteiger partial charge in [0.1, 0.15) is 24.7 Å². The van der Waals surface area contributed by atoms with Crippen molar-refractivity contribution in [1.29, 1.82) is 0 Å². The molecule has 0 unspecified atom stereocenters. The highest BCUT2D eigenvalue weighted by atomic mass is 16.6. The first-order valence-corrected chi connectivity index (χ1v) is 7.63. The molecule has 0 saturated carbocycles. The molecule has 4 heteroatoms. The molecule has 0 aromatic heterocycles. The third-order valence-corrected chi connectivity index (χ3v) is 3.15. The monoisotopic (exact) mass is 324 g/mol. The molecule has 0 bridgehead atoms. The first-order chi connectivity index (χ1) is 11.7. The summed E-state index contributed by atoms with van der Waals surface area (Å²) in [5.41, 5.74) is 2.17. The molecule has 0 aliphatic heterocycles. The minimum absolute atomic E-state index is 0.195. The minimum Gasteiger partial charge on any atom is -0.490 e. The first-order valence-electron chi connectivity index (χ1n) is 7.63. The van der Waals surface area contributed by atoms with Crippen LogP contribution in [0.2, 0.25) is 0 Å². The average molecular weight is 324 g/mol. The third-order valence-electron chi connectivity index (χ3n) is 3.15. The summed E-state index contributed by atoms with van der Waals surface area (Å²) in [7, 11) is 0. The quantitative estimate of drug-likeness (QED) is 0.313. The third kappa shape index (κ3) is 5.32. The van der Waals surface area contributed by atoms with E-state index < -0.39 is 5.97 Å². The van der Waals surface area contributed by atoms with E-state index in [9.17, 15) is 4.79 Å². The van der Waals surface area contributed by atoms with Crippen LogP contribution in [0.15, 0.2) is 73.5 Å². The Morgan fingerprint density at radius 2 is 1.54 bits per heavy atom. The summed E-state index contributed by atoms with van der Waals surface area (Å²) in [4.78, 5) is 10.9. The predicted molar refractivity (Wildman–Crippen MR) is 94.0 cm³/mol. The number of esters is 1. The SMILES string of the molecule is C=CC(=O)OCCOc1ccc(-c2ccc(OC=CC)cc2)cc1. The van der Waals surface area contributed by atoms with Crippen LogP contribution in [0.25, 0.3) is 11.1 Å². The lowest BCUT2D eigenvalue weighted by molar-refractivity contribution is -0.138. The van der Waals surface area contributed by atoms with Gasteiger partial charge < -0.3 is 14.2 Å².